The maximum atomic E-state index is 13.2. The van der Waals surface area contributed by atoms with E-state index in [1.165, 1.54) is 29.9 Å². The lowest BCUT2D eigenvalue weighted by Crippen LogP contribution is -2.05. The molecule has 3 heterocycles. The van der Waals surface area contributed by atoms with Crippen LogP contribution in [-0.4, -0.2) is 31.8 Å². The lowest BCUT2D eigenvalue weighted by molar-refractivity contribution is -0.137. The van der Waals surface area contributed by atoms with Crippen LogP contribution in [0, 0.1) is 5.82 Å². The molecule has 4 rings (SSSR count). The molecule has 0 spiro atoms. The molecule has 4 aromatic rings. The fraction of sp³-hybridized carbons (Fsp3) is 0.111. The molecule has 10 heteroatoms. The third-order valence-electron chi connectivity index (χ3n) is 4.00. The van der Waals surface area contributed by atoms with Gasteiger partial charge >= 0.3 is 6.18 Å². The van der Waals surface area contributed by atoms with Gasteiger partial charge < -0.3 is 4.74 Å². The second kappa shape index (κ2) is 6.55. The van der Waals surface area contributed by atoms with Gasteiger partial charge in [0, 0.05) is 6.07 Å². The van der Waals surface area contributed by atoms with Crippen LogP contribution in [-0.2, 0) is 6.18 Å². The number of hydrogen-bond donors (Lipinski definition) is 0. The highest BCUT2D eigenvalue weighted by Gasteiger charge is 2.31. The Hall–Kier alpha value is -3.56. The number of nitrogens with zero attached hydrogens (tertiary/aromatic N) is 5. The SMILES string of the molecule is COc1ccc(-n2c(-c3ccc(F)cn3)nc3cc(C(F)(F)F)ccc32)nn1. The Balaban J connectivity index is 1.98. The number of hydrogen-bond acceptors (Lipinski definition) is 5. The predicted octanol–water partition coefficient (Wildman–Crippen LogP) is 4.04. The Labute approximate surface area is 155 Å². The first-order valence-corrected chi connectivity index (χ1v) is 7.96. The average Bonchev–Trinajstić information content (AvgIpc) is 3.06. The summed E-state index contributed by atoms with van der Waals surface area (Å²) >= 11 is 0. The van der Waals surface area contributed by atoms with Gasteiger partial charge in [-0.05, 0) is 36.4 Å². The number of benzene rings is 1. The Morgan fingerprint density at radius 3 is 2.43 bits per heavy atom. The number of pyridine rings is 1. The molecule has 0 aliphatic heterocycles. The van der Waals surface area contributed by atoms with E-state index in [0.29, 0.717) is 11.3 Å². The summed E-state index contributed by atoms with van der Waals surface area (Å²) in [6.45, 7) is 0. The molecule has 0 aliphatic rings. The monoisotopic (exact) mass is 389 g/mol. The first kappa shape index (κ1) is 17.8. The standard InChI is InChI=1S/C18H11F4N5O/c1-28-16-7-6-15(25-26-16)27-14-5-2-10(18(20,21)22)8-13(14)24-17(27)12-4-3-11(19)9-23-12/h2-9H,1H3. The van der Waals surface area contributed by atoms with E-state index in [2.05, 4.69) is 20.2 Å². The first-order chi connectivity index (χ1) is 13.4. The first-order valence-electron chi connectivity index (χ1n) is 7.96. The van der Waals surface area contributed by atoms with Crippen LogP contribution in [0.2, 0.25) is 0 Å². The van der Waals surface area contributed by atoms with Crippen molar-refractivity contribution in [3.05, 3.63) is 60.0 Å². The van der Waals surface area contributed by atoms with Crippen LogP contribution in [0.5, 0.6) is 5.88 Å². The van der Waals surface area contributed by atoms with Crippen LogP contribution < -0.4 is 4.74 Å². The van der Waals surface area contributed by atoms with Crippen molar-refractivity contribution >= 4 is 11.0 Å². The second-order valence-corrected chi connectivity index (χ2v) is 5.77. The molecule has 0 fully saturated rings. The lowest BCUT2D eigenvalue weighted by atomic mass is 10.2. The molecule has 0 saturated heterocycles. The Kier molecular flexibility index (Phi) is 4.17. The summed E-state index contributed by atoms with van der Waals surface area (Å²) in [4.78, 5) is 8.27. The largest absolute Gasteiger partial charge is 0.480 e. The van der Waals surface area contributed by atoms with Crippen LogP contribution >= 0.6 is 0 Å². The topological polar surface area (TPSA) is 65.7 Å². The molecule has 0 atom stereocenters. The summed E-state index contributed by atoms with van der Waals surface area (Å²) in [5.41, 5.74) is -0.102. The third kappa shape index (κ3) is 3.13. The van der Waals surface area contributed by atoms with Gasteiger partial charge in [-0.3, -0.25) is 4.57 Å². The highest BCUT2D eigenvalue weighted by Crippen LogP contribution is 2.33. The van der Waals surface area contributed by atoms with Crippen molar-refractivity contribution in [2.45, 2.75) is 6.18 Å². The fourth-order valence-corrected chi connectivity index (χ4v) is 2.71. The summed E-state index contributed by atoms with van der Waals surface area (Å²) in [5, 5.41) is 7.93. The van der Waals surface area contributed by atoms with Crippen molar-refractivity contribution in [2.75, 3.05) is 7.11 Å². The molecule has 0 saturated carbocycles. The van der Waals surface area contributed by atoms with E-state index in [9.17, 15) is 17.6 Å². The van der Waals surface area contributed by atoms with Crippen molar-refractivity contribution in [1.29, 1.82) is 0 Å². The molecule has 0 unspecified atom stereocenters. The van der Waals surface area contributed by atoms with Crippen LogP contribution in [0.1, 0.15) is 5.56 Å². The van der Waals surface area contributed by atoms with E-state index < -0.39 is 17.6 Å². The number of halogens is 4. The third-order valence-corrected chi connectivity index (χ3v) is 4.00. The van der Waals surface area contributed by atoms with E-state index in [4.69, 9.17) is 4.74 Å². The fourth-order valence-electron chi connectivity index (χ4n) is 2.71. The molecule has 0 radical (unpaired) electrons. The van der Waals surface area contributed by atoms with Crippen LogP contribution in [0.25, 0.3) is 28.4 Å². The number of fused-ring (bicyclic) bond motifs is 1. The van der Waals surface area contributed by atoms with E-state index in [0.717, 1.165) is 18.3 Å². The van der Waals surface area contributed by atoms with E-state index in [-0.39, 0.29) is 22.9 Å². The number of alkyl halides is 3. The van der Waals surface area contributed by atoms with Gasteiger partial charge in [0.25, 0.3) is 0 Å². The molecule has 0 amide bonds. The second-order valence-electron chi connectivity index (χ2n) is 5.77. The summed E-state index contributed by atoms with van der Waals surface area (Å²) in [5.74, 6) is 0.224. The van der Waals surface area contributed by atoms with E-state index in [1.54, 1.807) is 12.1 Å². The minimum absolute atomic E-state index is 0.0913. The normalized spacial score (nSPS) is 11.8. The zero-order valence-corrected chi connectivity index (χ0v) is 14.3. The van der Waals surface area contributed by atoms with E-state index >= 15 is 0 Å². The number of ether oxygens (including phenoxy) is 1. The molecule has 0 N–H and O–H groups in total. The molecule has 28 heavy (non-hydrogen) atoms. The average molecular weight is 389 g/mol. The van der Waals surface area contributed by atoms with Crippen LogP contribution in [0.4, 0.5) is 17.6 Å². The minimum Gasteiger partial charge on any atom is -0.480 e. The Bertz CT molecular complexity index is 1140. The van der Waals surface area contributed by atoms with Crippen molar-refractivity contribution in [3.8, 4) is 23.2 Å². The Morgan fingerprint density at radius 1 is 1.00 bits per heavy atom. The summed E-state index contributed by atoms with van der Waals surface area (Å²) in [7, 11) is 1.43. The van der Waals surface area contributed by atoms with Crippen LogP contribution in [0.3, 0.4) is 0 Å². The van der Waals surface area contributed by atoms with Gasteiger partial charge in [0.05, 0.1) is 29.9 Å². The lowest BCUT2D eigenvalue weighted by Gasteiger charge is -2.09. The zero-order chi connectivity index (χ0) is 19.9. The van der Waals surface area contributed by atoms with Gasteiger partial charge in [-0.25, -0.2) is 14.4 Å². The van der Waals surface area contributed by atoms with E-state index in [1.807, 2.05) is 0 Å². The maximum absolute atomic E-state index is 13.2. The van der Waals surface area contributed by atoms with Crippen LogP contribution in [0.15, 0.2) is 48.7 Å². The van der Waals surface area contributed by atoms with Gasteiger partial charge in [-0.2, -0.15) is 13.2 Å². The molecule has 142 valence electrons. The summed E-state index contributed by atoms with van der Waals surface area (Å²) in [6, 6.07) is 8.90. The Morgan fingerprint density at radius 2 is 1.82 bits per heavy atom. The van der Waals surface area contributed by atoms with Gasteiger partial charge in [0.1, 0.15) is 11.5 Å². The molecule has 3 aromatic heterocycles. The highest BCUT2D eigenvalue weighted by atomic mass is 19.4. The van der Waals surface area contributed by atoms with Crippen molar-refractivity contribution in [2.24, 2.45) is 0 Å². The van der Waals surface area contributed by atoms with Gasteiger partial charge in [0.2, 0.25) is 5.88 Å². The maximum Gasteiger partial charge on any atom is 0.416 e. The smallest absolute Gasteiger partial charge is 0.416 e. The quantitative estimate of drug-likeness (QED) is 0.495. The number of aromatic nitrogens is 5. The summed E-state index contributed by atoms with van der Waals surface area (Å²) < 4.78 is 58.9. The molecule has 6 nitrogen and oxygen atoms in total. The van der Waals surface area contributed by atoms with Crippen molar-refractivity contribution in [1.82, 2.24) is 24.7 Å². The summed E-state index contributed by atoms with van der Waals surface area (Å²) in [6.07, 6.45) is -3.51. The number of methoxy groups -OCH3 is 1. The number of rotatable bonds is 3. The molecular formula is C18H11F4N5O. The van der Waals surface area contributed by atoms with Crippen molar-refractivity contribution < 1.29 is 22.3 Å². The highest BCUT2D eigenvalue weighted by molar-refractivity contribution is 5.83. The predicted molar refractivity (Wildman–Crippen MR) is 91.4 cm³/mol. The molecule has 0 aliphatic carbocycles. The van der Waals surface area contributed by atoms with Gasteiger partial charge in [-0.1, -0.05) is 0 Å². The van der Waals surface area contributed by atoms with Crippen molar-refractivity contribution in [3.63, 3.8) is 0 Å². The molecule has 0 bridgehead atoms. The van der Waals surface area contributed by atoms with Gasteiger partial charge in [-0.15, -0.1) is 10.2 Å². The van der Waals surface area contributed by atoms with Gasteiger partial charge in [0.15, 0.2) is 11.6 Å². The minimum atomic E-state index is -4.51. The number of imidazole rings is 1. The molecule has 1 aromatic carbocycles. The molecular weight excluding hydrogens is 378 g/mol. The zero-order valence-electron chi connectivity index (χ0n) is 14.3.